The summed E-state index contributed by atoms with van der Waals surface area (Å²) in [5.41, 5.74) is 5.41. The van der Waals surface area contributed by atoms with Crippen LogP contribution in [0.1, 0.15) is 91.9 Å². The molecule has 2 unspecified atom stereocenters. The number of amides is 2. The molecule has 3 N–H and O–H groups in total. The molecule has 0 fully saturated rings. The number of nitrogens with one attached hydrogen (secondary N) is 1. The lowest BCUT2D eigenvalue weighted by molar-refractivity contribution is -0.142. The van der Waals surface area contributed by atoms with Gasteiger partial charge in [-0.25, -0.2) is 0 Å². The second-order valence-electron chi connectivity index (χ2n) is 9.70. The van der Waals surface area contributed by atoms with Crippen LogP contribution in [0.15, 0.2) is 24.4 Å². The molecule has 33 heavy (non-hydrogen) atoms. The van der Waals surface area contributed by atoms with Crippen molar-refractivity contribution in [2.45, 2.75) is 123 Å². The molecule has 1 aliphatic rings. The second-order valence-corrected chi connectivity index (χ2v) is 12.0. The first-order chi connectivity index (χ1) is 15.7. The summed E-state index contributed by atoms with van der Waals surface area (Å²) in [6, 6.07) is -1.02. The zero-order valence-electron chi connectivity index (χ0n) is 21.9. The highest BCUT2D eigenvalue weighted by Crippen LogP contribution is 2.30. The van der Waals surface area contributed by atoms with E-state index in [1.807, 2.05) is 32.1 Å². The molecule has 0 aromatic carbocycles. The predicted molar refractivity (Wildman–Crippen MR) is 140 cm³/mol. The Kier molecular flexibility index (Phi) is 13.9. The fraction of sp³-hybridized carbons (Fsp3) is 0.769. The normalized spacial score (nSPS) is 19.4. The number of nitrogens with two attached hydrogens (primary N) is 1. The first-order valence-electron chi connectivity index (χ1n) is 13.1. The van der Waals surface area contributed by atoms with E-state index < -0.39 is 26.8 Å². The van der Waals surface area contributed by atoms with Crippen LogP contribution in [-0.2, 0) is 14.0 Å². The van der Waals surface area contributed by atoms with Crippen molar-refractivity contribution in [1.29, 1.82) is 0 Å². The van der Waals surface area contributed by atoms with Gasteiger partial charge >= 0.3 is 0 Å². The maximum atomic E-state index is 13.4. The Morgan fingerprint density at radius 2 is 1.76 bits per heavy atom. The topological polar surface area (TPSA) is 84.7 Å². The van der Waals surface area contributed by atoms with Gasteiger partial charge in [0.05, 0.1) is 6.04 Å². The van der Waals surface area contributed by atoms with Gasteiger partial charge in [0.25, 0.3) is 0 Å². The van der Waals surface area contributed by atoms with Crippen LogP contribution in [0, 0.1) is 5.92 Å². The third-order valence-corrected chi connectivity index (χ3v) is 7.32. The van der Waals surface area contributed by atoms with Crippen LogP contribution in [0.25, 0.3) is 0 Å². The van der Waals surface area contributed by atoms with E-state index in [0.717, 1.165) is 38.5 Å². The van der Waals surface area contributed by atoms with Crippen molar-refractivity contribution >= 4 is 20.9 Å². The van der Waals surface area contributed by atoms with Gasteiger partial charge in [0.15, 0.2) is 14.8 Å². The molecule has 0 radical (unpaired) electrons. The minimum atomic E-state index is -1.56. The Morgan fingerprint density at radius 3 is 2.36 bits per heavy atom. The lowest BCUT2D eigenvalue weighted by atomic mass is 9.91. The average molecular weight is 480 g/mol. The van der Waals surface area contributed by atoms with Crippen LogP contribution in [0.4, 0.5) is 0 Å². The van der Waals surface area contributed by atoms with Crippen molar-refractivity contribution in [1.82, 2.24) is 10.2 Å². The Morgan fingerprint density at radius 1 is 1.09 bits per heavy atom. The lowest BCUT2D eigenvalue weighted by Crippen LogP contribution is -2.66. The molecule has 0 aromatic rings. The molecule has 1 aliphatic heterocycles. The fourth-order valence-corrected chi connectivity index (χ4v) is 5.40. The van der Waals surface area contributed by atoms with E-state index in [9.17, 15) is 9.59 Å². The van der Waals surface area contributed by atoms with Gasteiger partial charge in [-0.2, -0.15) is 0 Å². The summed E-state index contributed by atoms with van der Waals surface area (Å²) in [4.78, 5) is 28.2. The number of hydrogen-bond donors (Lipinski definition) is 2. The molecular formula is C26H49N3O3Si. The van der Waals surface area contributed by atoms with E-state index in [0.29, 0.717) is 12.8 Å². The van der Waals surface area contributed by atoms with Crippen LogP contribution >= 0.6 is 0 Å². The highest BCUT2D eigenvalue weighted by molar-refractivity contribution is 6.48. The average Bonchev–Trinajstić information content (AvgIpc) is 2.80. The van der Waals surface area contributed by atoms with Crippen molar-refractivity contribution in [3.8, 4) is 0 Å². The summed E-state index contributed by atoms with van der Waals surface area (Å²) in [5, 5.41) is 3.28. The van der Waals surface area contributed by atoms with Crippen molar-refractivity contribution in [2.24, 2.45) is 11.7 Å². The zero-order chi connectivity index (χ0) is 24.9. The van der Waals surface area contributed by atoms with E-state index in [1.54, 1.807) is 11.1 Å². The fourth-order valence-electron chi connectivity index (χ4n) is 4.25. The molecule has 0 saturated heterocycles. The van der Waals surface area contributed by atoms with E-state index in [2.05, 4.69) is 32.3 Å². The summed E-state index contributed by atoms with van der Waals surface area (Å²) in [6.07, 6.45) is 16.9. The molecular weight excluding hydrogens is 430 g/mol. The second kappa shape index (κ2) is 15.5. The number of rotatable bonds is 16. The lowest BCUT2D eigenvalue weighted by Gasteiger charge is -2.47. The van der Waals surface area contributed by atoms with E-state index >= 15 is 0 Å². The van der Waals surface area contributed by atoms with Crippen LogP contribution in [0.2, 0.25) is 13.1 Å². The van der Waals surface area contributed by atoms with E-state index in [1.165, 1.54) is 12.8 Å². The van der Waals surface area contributed by atoms with Crippen LogP contribution in [0.5, 0.6) is 0 Å². The van der Waals surface area contributed by atoms with Gasteiger partial charge in [-0.1, -0.05) is 78.4 Å². The Balaban J connectivity index is 3.20. The number of nitrogens with zero attached hydrogens (tertiary/aromatic N) is 1. The zero-order valence-corrected chi connectivity index (χ0v) is 23.1. The van der Waals surface area contributed by atoms with Gasteiger partial charge < -0.3 is 20.4 Å². The molecule has 0 saturated carbocycles. The van der Waals surface area contributed by atoms with Gasteiger partial charge in [-0.15, -0.1) is 0 Å². The monoisotopic (exact) mass is 479 g/mol. The molecule has 7 heteroatoms. The molecule has 6 nitrogen and oxygen atoms in total. The molecule has 0 aromatic heterocycles. The molecule has 0 aliphatic carbocycles. The molecule has 190 valence electrons. The number of allylic oxidation sites excluding steroid dienone is 2. The van der Waals surface area contributed by atoms with Gasteiger partial charge in [0.2, 0.25) is 11.8 Å². The number of unbranched alkanes of at least 4 members (excludes halogenated alkanes) is 5. The molecule has 0 bridgehead atoms. The third-order valence-electron chi connectivity index (χ3n) is 6.43. The Bertz CT molecular complexity index is 653. The minimum absolute atomic E-state index is 0.00108. The summed E-state index contributed by atoms with van der Waals surface area (Å²) < 4.78 is 6.63. The maximum Gasteiger partial charge on any atom is 0.244 e. The SMILES string of the molecule is CCCCCCCC(=O)NC(CCCC)(O[SiH](C)C)C1C=CC=CN1C(=O)[C@@H](N)[C@@H](C)CC. The van der Waals surface area contributed by atoms with Crippen molar-refractivity contribution in [3.63, 3.8) is 0 Å². The quantitative estimate of drug-likeness (QED) is 0.185. The van der Waals surface area contributed by atoms with Crippen molar-refractivity contribution < 1.29 is 14.0 Å². The highest BCUT2D eigenvalue weighted by Gasteiger charge is 2.45. The van der Waals surface area contributed by atoms with Crippen LogP contribution in [-0.4, -0.2) is 43.6 Å². The van der Waals surface area contributed by atoms with Gasteiger partial charge in [-0.05, 0) is 44.4 Å². The molecule has 0 spiro atoms. The Hall–Kier alpha value is -1.44. The summed E-state index contributed by atoms with van der Waals surface area (Å²) in [7, 11) is -1.56. The van der Waals surface area contributed by atoms with Crippen LogP contribution < -0.4 is 11.1 Å². The number of carbonyl (C=O) groups excluding carboxylic acids is 2. The molecule has 4 atom stereocenters. The smallest absolute Gasteiger partial charge is 0.244 e. The summed E-state index contributed by atoms with van der Waals surface area (Å²) >= 11 is 0. The van der Waals surface area contributed by atoms with Crippen molar-refractivity contribution in [2.75, 3.05) is 0 Å². The summed E-state index contributed by atoms with van der Waals surface area (Å²) in [5.74, 6) is -0.0573. The van der Waals surface area contributed by atoms with E-state index in [-0.39, 0.29) is 17.7 Å². The first kappa shape index (κ1) is 29.6. The van der Waals surface area contributed by atoms with E-state index in [4.69, 9.17) is 10.2 Å². The van der Waals surface area contributed by atoms with Gasteiger partial charge in [0, 0.05) is 12.6 Å². The Labute approximate surface area is 204 Å². The summed E-state index contributed by atoms with van der Waals surface area (Å²) in [6.45, 7) is 12.6. The molecule has 2 amide bonds. The minimum Gasteiger partial charge on any atom is -0.397 e. The molecule has 1 heterocycles. The van der Waals surface area contributed by atoms with Crippen molar-refractivity contribution in [3.05, 3.63) is 24.4 Å². The van der Waals surface area contributed by atoms with Gasteiger partial charge in [-0.3, -0.25) is 9.59 Å². The number of hydrogen-bond acceptors (Lipinski definition) is 4. The van der Waals surface area contributed by atoms with Crippen LogP contribution in [0.3, 0.4) is 0 Å². The highest BCUT2D eigenvalue weighted by atomic mass is 28.3. The predicted octanol–water partition coefficient (Wildman–Crippen LogP) is 5.00. The number of carbonyl (C=O) groups is 2. The first-order valence-corrected chi connectivity index (χ1v) is 15.9. The molecule has 1 rings (SSSR count). The maximum absolute atomic E-state index is 13.4. The third kappa shape index (κ3) is 9.37. The standard InChI is InChI=1S/C26H49N3O3Si/c1-7-10-12-13-14-18-23(30)28-26(19-11-8-2,32-33(5)6)22-17-15-16-20-29(22)25(31)24(27)21(4)9-3/h15-17,20-22,24,33H,7-14,18-19,27H2,1-6H3,(H,28,30)/t21-,22?,24-,26?/m0/s1. The largest absolute Gasteiger partial charge is 0.397 e. The van der Waals surface area contributed by atoms with Gasteiger partial charge in [0.1, 0.15) is 6.04 Å².